The number of anilines is 2. The van der Waals surface area contributed by atoms with Crippen LogP contribution in [0.1, 0.15) is 24.8 Å². The molecule has 1 aliphatic rings. The lowest BCUT2D eigenvalue weighted by Gasteiger charge is -2.29. The summed E-state index contributed by atoms with van der Waals surface area (Å²) in [6.07, 6.45) is 4.50. The van der Waals surface area contributed by atoms with Crippen LogP contribution in [-0.4, -0.2) is 28.3 Å². The van der Waals surface area contributed by atoms with Crippen molar-refractivity contribution in [1.82, 2.24) is 15.2 Å². The van der Waals surface area contributed by atoms with Crippen LogP contribution in [0.4, 0.5) is 17.3 Å². The van der Waals surface area contributed by atoms with Gasteiger partial charge in [0.2, 0.25) is 18.0 Å². The number of nitrogen functional groups attached to an aromatic ring is 1. The van der Waals surface area contributed by atoms with E-state index in [1.54, 1.807) is 0 Å². The zero-order valence-electron chi connectivity index (χ0n) is 15.1. The van der Waals surface area contributed by atoms with Gasteiger partial charge in [-0.05, 0) is 37.0 Å². The minimum absolute atomic E-state index is 0.132. The molecule has 0 amide bonds. The van der Waals surface area contributed by atoms with Crippen LogP contribution in [0.2, 0.25) is 0 Å². The fourth-order valence-electron chi connectivity index (χ4n) is 3.52. The highest BCUT2D eigenvalue weighted by Crippen LogP contribution is 2.42. The lowest BCUT2D eigenvalue weighted by atomic mass is 9.96. The molecule has 0 spiro atoms. The highest BCUT2D eigenvalue weighted by molar-refractivity contribution is 5.93. The molecule has 138 valence electrons. The molecule has 1 fully saturated rings. The molecule has 28 heavy (non-hydrogen) atoms. The fraction of sp³-hybridized carbons (Fsp3) is 0.250. The summed E-state index contributed by atoms with van der Waals surface area (Å²) in [5.41, 5.74) is 8.55. The average Bonchev–Trinajstić information content (AvgIpc) is 3.28. The summed E-state index contributed by atoms with van der Waals surface area (Å²) in [6, 6.07) is 9.57. The van der Waals surface area contributed by atoms with Crippen molar-refractivity contribution in [3.8, 4) is 28.7 Å². The third-order valence-electron chi connectivity index (χ3n) is 4.82. The molecule has 4 rings (SSSR count). The number of pyridine rings is 1. The summed E-state index contributed by atoms with van der Waals surface area (Å²) in [4.78, 5) is 10.1. The van der Waals surface area contributed by atoms with E-state index in [1.807, 2.05) is 24.3 Å². The first-order chi connectivity index (χ1) is 13.7. The number of nitrogens with zero attached hydrogens (tertiary/aromatic N) is 6. The molecule has 1 saturated heterocycles. The molecule has 0 atom stereocenters. The van der Waals surface area contributed by atoms with Crippen molar-refractivity contribution in [2.24, 2.45) is 0 Å². The summed E-state index contributed by atoms with van der Waals surface area (Å²) in [7, 11) is 0. The number of piperidine rings is 1. The second kappa shape index (κ2) is 7.37. The van der Waals surface area contributed by atoms with Gasteiger partial charge in [-0.25, -0.2) is 9.83 Å². The molecular weight excluding hydrogens is 354 g/mol. The normalized spacial score (nSPS) is 13.7. The molecule has 8 heteroatoms. The van der Waals surface area contributed by atoms with E-state index in [4.69, 9.17) is 16.7 Å². The first-order valence-corrected chi connectivity index (χ1v) is 8.96. The van der Waals surface area contributed by atoms with Crippen molar-refractivity contribution in [2.75, 3.05) is 23.7 Å². The zero-order chi connectivity index (χ0) is 19.5. The standard InChI is InChI=1S/C20H17N7O/c1-23-17-16(13-6-5-7-14(10-13)20-26-24-12-28-20)15(11-21)19(25-18(17)22)27-8-3-2-4-9-27/h5-7,10,12H,2-4,8-9H2,(H2,22,25). The van der Waals surface area contributed by atoms with Gasteiger partial charge in [-0.15, -0.1) is 10.2 Å². The van der Waals surface area contributed by atoms with Crippen LogP contribution in [0.3, 0.4) is 0 Å². The third-order valence-corrected chi connectivity index (χ3v) is 4.82. The molecule has 2 aromatic heterocycles. The first kappa shape index (κ1) is 17.5. The third kappa shape index (κ3) is 3.01. The molecule has 1 aromatic carbocycles. The maximum Gasteiger partial charge on any atom is 0.247 e. The van der Waals surface area contributed by atoms with Gasteiger partial charge in [0, 0.05) is 24.2 Å². The smallest absolute Gasteiger partial charge is 0.247 e. The first-order valence-electron chi connectivity index (χ1n) is 8.96. The highest BCUT2D eigenvalue weighted by Gasteiger charge is 2.24. The van der Waals surface area contributed by atoms with Crippen LogP contribution < -0.4 is 10.6 Å². The van der Waals surface area contributed by atoms with Gasteiger partial charge in [0.05, 0.1) is 12.1 Å². The van der Waals surface area contributed by atoms with E-state index in [1.165, 1.54) is 6.39 Å². The number of aromatic nitrogens is 3. The molecule has 3 aromatic rings. The SMILES string of the molecule is [C-]#[N+]c1c(N)nc(N2CCCCC2)c(C#N)c1-c1cccc(-c2nnco2)c1. The minimum atomic E-state index is 0.132. The molecule has 8 nitrogen and oxygen atoms in total. The van der Waals surface area contributed by atoms with Gasteiger partial charge in [-0.2, -0.15) is 5.26 Å². The molecule has 3 heterocycles. The van der Waals surface area contributed by atoms with Gasteiger partial charge < -0.3 is 15.1 Å². The summed E-state index contributed by atoms with van der Waals surface area (Å²) in [6.45, 7) is 9.23. The van der Waals surface area contributed by atoms with E-state index in [2.05, 4.69) is 31.0 Å². The summed E-state index contributed by atoms with van der Waals surface area (Å²) >= 11 is 0. The van der Waals surface area contributed by atoms with E-state index in [-0.39, 0.29) is 11.5 Å². The lowest BCUT2D eigenvalue weighted by molar-refractivity contribution is 0.568. The summed E-state index contributed by atoms with van der Waals surface area (Å²) in [5.74, 6) is 1.04. The van der Waals surface area contributed by atoms with Crippen molar-refractivity contribution < 1.29 is 4.42 Å². The lowest BCUT2D eigenvalue weighted by Crippen LogP contribution is -2.31. The van der Waals surface area contributed by atoms with Crippen LogP contribution in [0.5, 0.6) is 0 Å². The largest absolute Gasteiger partial charge is 0.423 e. The number of hydrogen-bond acceptors (Lipinski definition) is 7. The second-order valence-electron chi connectivity index (χ2n) is 6.52. The van der Waals surface area contributed by atoms with Crippen LogP contribution in [-0.2, 0) is 0 Å². The Kier molecular flexibility index (Phi) is 4.61. The van der Waals surface area contributed by atoms with Crippen LogP contribution >= 0.6 is 0 Å². The number of benzene rings is 1. The van der Waals surface area contributed by atoms with E-state index in [9.17, 15) is 5.26 Å². The Labute approximate surface area is 162 Å². The zero-order valence-corrected chi connectivity index (χ0v) is 15.1. The minimum Gasteiger partial charge on any atom is -0.423 e. The predicted molar refractivity (Wildman–Crippen MR) is 104 cm³/mol. The number of nitriles is 1. The predicted octanol–water partition coefficient (Wildman–Crippen LogP) is 3.79. The average molecular weight is 371 g/mol. The highest BCUT2D eigenvalue weighted by atomic mass is 16.4. The van der Waals surface area contributed by atoms with Gasteiger partial charge in [0.25, 0.3) is 0 Å². The van der Waals surface area contributed by atoms with Crippen LogP contribution in [0.15, 0.2) is 35.1 Å². The van der Waals surface area contributed by atoms with Crippen LogP contribution in [0, 0.1) is 17.9 Å². The topological polar surface area (TPSA) is 109 Å². The van der Waals surface area contributed by atoms with E-state index < -0.39 is 0 Å². The second-order valence-corrected chi connectivity index (χ2v) is 6.52. The Morgan fingerprint density at radius 3 is 2.68 bits per heavy atom. The van der Waals surface area contributed by atoms with Crippen molar-refractivity contribution in [1.29, 1.82) is 5.26 Å². The summed E-state index contributed by atoms with van der Waals surface area (Å²) < 4.78 is 5.27. The molecule has 2 N–H and O–H groups in total. The molecule has 1 aliphatic heterocycles. The Hall–Kier alpha value is -3.91. The Bertz CT molecular complexity index is 1090. The maximum absolute atomic E-state index is 9.95. The Morgan fingerprint density at radius 2 is 2.00 bits per heavy atom. The number of nitrogens with two attached hydrogens (primary N) is 1. The Morgan fingerprint density at radius 1 is 1.21 bits per heavy atom. The van der Waals surface area contributed by atoms with Gasteiger partial charge in [0.15, 0.2) is 0 Å². The molecule has 0 radical (unpaired) electrons. The molecule has 0 bridgehead atoms. The molecule has 0 unspecified atom stereocenters. The van der Waals surface area contributed by atoms with E-state index in [0.29, 0.717) is 34.0 Å². The molecule has 0 saturated carbocycles. The number of hydrogen-bond donors (Lipinski definition) is 1. The fourth-order valence-corrected chi connectivity index (χ4v) is 3.52. The maximum atomic E-state index is 9.95. The van der Waals surface area contributed by atoms with Crippen molar-refractivity contribution >= 4 is 17.3 Å². The Balaban J connectivity index is 1.93. The quantitative estimate of drug-likeness (QED) is 0.697. The monoisotopic (exact) mass is 371 g/mol. The summed E-state index contributed by atoms with van der Waals surface area (Å²) in [5, 5.41) is 17.6. The van der Waals surface area contributed by atoms with Gasteiger partial charge in [-0.1, -0.05) is 12.1 Å². The van der Waals surface area contributed by atoms with Crippen molar-refractivity contribution in [3.05, 3.63) is 47.6 Å². The molecule has 0 aliphatic carbocycles. The van der Waals surface area contributed by atoms with Gasteiger partial charge in [0.1, 0.15) is 17.7 Å². The van der Waals surface area contributed by atoms with Crippen molar-refractivity contribution in [2.45, 2.75) is 19.3 Å². The molecular formula is C20H17N7O. The number of rotatable bonds is 3. The van der Waals surface area contributed by atoms with E-state index >= 15 is 0 Å². The van der Waals surface area contributed by atoms with E-state index in [0.717, 1.165) is 32.4 Å². The van der Waals surface area contributed by atoms with Gasteiger partial charge in [-0.3, -0.25) is 0 Å². The van der Waals surface area contributed by atoms with Crippen LogP contribution in [0.25, 0.3) is 27.4 Å². The van der Waals surface area contributed by atoms with Crippen molar-refractivity contribution in [3.63, 3.8) is 0 Å². The van der Waals surface area contributed by atoms with Gasteiger partial charge >= 0.3 is 0 Å².